The van der Waals surface area contributed by atoms with Crippen LogP contribution in [0.3, 0.4) is 0 Å². The SMILES string of the molecule is CCOC(=O)c1nn(-c2cnc(NC)nc2OC)c(C(C)C)c1Br. The Kier molecular flexibility index (Phi) is 5.76. The predicted molar refractivity (Wildman–Crippen MR) is 93.0 cm³/mol. The number of anilines is 1. The lowest BCUT2D eigenvalue weighted by Crippen LogP contribution is -2.10. The van der Waals surface area contributed by atoms with Crippen molar-refractivity contribution in [3.8, 4) is 11.6 Å². The molecule has 0 spiro atoms. The highest BCUT2D eigenvalue weighted by Gasteiger charge is 2.26. The molecule has 0 saturated carbocycles. The molecule has 0 aliphatic carbocycles. The van der Waals surface area contributed by atoms with E-state index in [1.165, 1.54) is 7.11 Å². The van der Waals surface area contributed by atoms with Crippen molar-refractivity contribution in [3.63, 3.8) is 0 Å². The standard InChI is InChI=1S/C15H20BrN5O3/c1-6-24-14(22)11-10(16)12(8(2)3)21(20-11)9-7-18-15(17-4)19-13(9)23-5/h7-8H,6H2,1-5H3,(H,17,18,19). The van der Waals surface area contributed by atoms with Crippen molar-refractivity contribution in [2.75, 3.05) is 26.1 Å². The summed E-state index contributed by atoms with van der Waals surface area (Å²) in [4.78, 5) is 20.6. The zero-order valence-corrected chi connectivity index (χ0v) is 15.8. The van der Waals surface area contributed by atoms with Gasteiger partial charge >= 0.3 is 5.97 Å². The van der Waals surface area contributed by atoms with E-state index in [0.29, 0.717) is 22.0 Å². The van der Waals surface area contributed by atoms with E-state index in [-0.39, 0.29) is 18.2 Å². The molecule has 0 aliphatic rings. The molecule has 2 rings (SSSR count). The first-order chi connectivity index (χ1) is 11.4. The lowest BCUT2D eigenvalue weighted by atomic mass is 10.1. The van der Waals surface area contributed by atoms with E-state index < -0.39 is 5.97 Å². The Labute approximate surface area is 148 Å². The van der Waals surface area contributed by atoms with E-state index >= 15 is 0 Å². The van der Waals surface area contributed by atoms with Crippen molar-refractivity contribution in [3.05, 3.63) is 22.1 Å². The molecular formula is C15H20BrN5O3. The van der Waals surface area contributed by atoms with Gasteiger partial charge in [-0.3, -0.25) is 0 Å². The smallest absolute Gasteiger partial charge is 0.360 e. The molecule has 2 heterocycles. The average Bonchev–Trinajstić information content (AvgIpc) is 2.91. The van der Waals surface area contributed by atoms with Crippen LogP contribution >= 0.6 is 15.9 Å². The molecule has 130 valence electrons. The summed E-state index contributed by atoms with van der Waals surface area (Å²) >= 11 is 3.47. The van der Waals surface area contributed by atoms with Gasteiger partial charge in [0.2, 0.25) is 11.8 Å². The summed E-state index contributed by atoms with van der Waals surface area (Å²) in [6.07, 6.45) is 1.60. The number of hydrogen-bond acceptors (Lipinski definition) is 7. The highest BCUT2D eigenvalue weighted by atomic mass is 79.9. The fourth-order valence-corrected chi connectivity index (χ4v) is 3.07. The summed E-state index contributed by atoms with van der Waals surface area (Å²) in [5.41, 5.74) is 1.55. The summed E-state index contributed by atoms with van der Waals surface area (Å²) in [6.45, 7) is 6.03. The third-order valence-electron chi connectivity index (χ3n) is 3.26. The Morgan fingerprint density at radius 3 is 2.71 bits per heavy atom. The van der Waals surface area contributed by atoms with E-state index in [0.717, 1.165) is 5.69 Å². The average molecular weight is 398 g/mol. The molecule has 0 fully saturated rings. The van der Waals surface area contributed by atoms with Crippen LogP contribution in [-0.2, 0) is 4.74 Å². The van der Waals surface area contributed by atoms with Gasteiger partial charge in [0.1, 0.15) is 5.69 Å². The van der Waals surface area contributed by atoms with Gasteiger partial charge in [0.25, 0.3) is 0 Å². The van der Waals surface area contributed by atoms with Gasteiger partial charge in [-0.15, -0.1) is 0 Å². The van der Waals surface area contributed by atoms with E-state index in [1.54, 1.807) is 24.9 Å². The fourth-order valence-electron chi connectivity index (χ4n) is 2.20. The number of esters is 1. The van der Waals surface area contributed by atoms with Gasteiger partial charge in [-0.2, -0.15) is 10.1 Å². The van der Waals surface area contributed by atoms with Gasteiger partial charge in [-0.1, -0.05) is 13.8 Å². The molecule has 24 heavy (non-hydrogen) atoms. The number of nitrogens with zero attached hydrogens (tertiary/aromatic N) is 4. The molecule has 0 unspecified atom stereocenters. The lowest BCUT2D eigenvalue weighted by Gasteiger charge is -2.13. The minimum absolute atomic E-state index is 0.0868. The molecule has 0 atom stereocenters. The lowest BCUT2D eigenvalue weighted by molar-refractivity contribution is 0.0518. The molecule has 0 radical (unpaired) electrons. The third kappa shape index (κ3) is 3.35. The van der Waals surface area contributed by atoms with Crippen LogP contribution in [0.15, 0.2) is 10.7 Å². The molecule has 2 aromatic rings. The number of carbonyl (C=O) groups is 1. The minimum Gasteiger partial charge on any atom is -0.479 e. The number of ether oxygens (including phenoxy) is 2. The number of carbonyl (C=O) groups excluding carboxylic acids is 1. The van der Waals surface area contributed by atoms with Crippen molar-refractivity contribution in [1.82, 2.24) is 19.7 Å². The summed E-state index contributed by atoms with van der Waals surface area (Å²) in [5, 5.41) is 7.25. The largest absolute Gasteiger partial charge is 0.479 e. The van der Waals surface area contributed by atoms with Crippen molar-refractivity contribution in [2.45, 2.75) is 26.7 Å². The van der Waals surface area contributed by atoms with E-state index in [2.05, 4.69) is 36.3 Å². The number of nitrogens with one attached hydrogen (secondary N) is 1. The van der Waals surface area contributed by atoms with Gasteiger partial charge in [-0.05, 0) is 28.8 Å². The topological polar surface area (TPSA) is 91.2 Å². The number of methoxy groups -OCH3 is 1. The van der Waals surface area contributed by atoms with E-state index in [4.69, 9.17) is 9.47 Å². The van der Waals surface area contributed by atoms with Crippen LogP contribution in [0, 0.1) is 0 Å². The molecule has 8 nitrogen and oxygen atoms in total. The zero-order valence-electron chi connectivity index (χ0n) is 14.3. The first-order valence-electron chi connectivity index (χ1n) is 7.49. The van der Waals surface area contributed by atoms with Gasteiger partial charge in [0, 0.05) is 7.05 Å². The zero-order chi connectivity index (χ0) is 17.9. The number of aromatic nitrogens is 4. The van der Waals surface area contributed by atoms with Crippen LogP contribution in [0.4, 0.5) is 5.95 Å². The maximum absolute atomic E-state index is 12.1. The van der Waals surface area contributed by atoms with E-state index in [9.17, 15) is 4.79 Å². The van der Waals surface area contributed by atoms with Crippen LogP contribution in [0.1, 0.15) is 42.9 Å². The Morgan fingerprint density at radius 1 is 1.46 bits per heavy atom. The molecule has 0 amide bonds. The first kappa shape index (κ1) is 18.2. The van der Waals surface area contributed by atoms with Crippen LogP contribution in [-0.4, -0.2) is 46.5 Å². The van der Waals surface area contributed by atoms with Gasteiger partial charge in [-0.25, -0.2) is 14.5 Å². The normalized spacial score (nSPS) is 10.8. The monoisotopic (exact) mass is 397 g/mol. The fraction of sp³-hybridized carbons (Fsp3) is 0.467. The van der Waals surface area contributed by atoms with Crippen molar-refractivity contribution in [2.24, 2.45) is 0 Å². The van der Waals surface area contributed by atoms with Crippen LogP contribution < -0.4 is 10.1 Å². The molecule has 0 saturated heterocycles. The maximum atomic E-state index is 12.1. The summed E-state index contributed by atoms with van der Waals surface area (Å²) < 4.78 is 12.6. The highest BCUT2D eigenvalue weighted by molar-refractivity contribution is 9.10. The van der Waals surface area contributed by atoms with Crippen molar-refractivity contribution < 1.29 is 14.3 Å². The number of halogens is 1. The Morgan fingerprint density at radius 2 is 2.17 bits per heavy atom. The molecule has 0 aromatic carbocycles. The molecular weight excluding hydrogens is 378 g/mol. The second-order valence-corrected chi connectivity index (χ2v) is 5.97. The van der Waals surface area contributed by atoms with Gasteiger partial charge in [0.05, 0.1) is 30.1 Å². The Bertz CT molecular complexity index is 745. The van der Waals surface area contributed by atoms with Crippen molar-refractivity contribution >= 4 is 27.8 Å². The maximum Gasteiger partial charge on any atom is 0.360 e. The van der Waals surface area contributed by atoms with Gasteiger partial charge < -0.3 is 14.8 Å². The summed E-state index contributed by atoms with van der Waals surface area (Å²) in [5.74, 6) is 0.376. The number of rotatable bonds is 6. The van der Waals surface area contributed by atoms with Crippen molar-refractivity contribution in [1.29, 1.82) is 0 Å². The summed E-state index contributed by atoms with van der Waals surface area (Å²) in [6, 6.07) is 0. The summed E-state index contributed by atoms with van der Waals surface area (Å²) in [7, 11) is 3.24. The second kappa shape index (κ2) is 7.61. The third-order valence-corrected chi connectivity index (χ3v) is 4.04. The first-order valence-corrected chi connectivity index (χ1v) is 8.28. The van der Waals surface area contributed by atoms with Crippen LogP contribution in [0.2, 0.25) is 0 Å². The Balaban J connectivity index is 2.65. The number of hydrogen-bond donors (Lipinski definition) is 1. The Hall–Kier alpha value is -2.16. The molecule has 1 N–H and O–H groups in total. The second-order valence-electron chi connectivity index (χ2n) is 5.17. The predicted octanol–water partition coefficient (Wildman–Crippen LogP) is 2.78. The quantitative estimate of drug-likeness (QED) is 0.749. The molecule has 2 aromatic heterocycles. The van der Waals surface area contributed by atoms with E-state index in [1.807, 2.05) is 13.8 Å². The van der Waals surface area contributed by atoms with Gasteiger partial charge in [0.15, 0.2) is 5.69 Å². The minimum atomic E-state index is -0.489. The van der Waals surface area contributed by atoms with Crippen LogP contribution in [0.5, 0.6) is 5.88 Å². The molecule has 0 aliphatic heterocycles. The highest BCUT2D eigenvalue weighted by Crippen LogP contribution is 2.33. The molecule has 0 bridgehead atoms. The van der Waals surface area contributed by atoms with Crippen LogP contribution in [0.25, 0.3) is 5.69 Å². The molecule has 9 heteroatoms.